The molecule has 1 aromatic heterocycles. The molecule has 0 aliphatic carbocycles. The van der Waals surface area contributed by atoms with Gasteiger partial charge in [0, 0.05) is 54.4 Å². The monoisotopic (exact) mass is 288 g/mol. The van der Waals surface area contributed by atoms with Gasteiger partial charge in [0.15, 0.2) is 0 Å². The molecular weight excluding hydrogens is 276 g/mol. The average molecular weight is 289 g/mol. The second kappa shape index (κ2) is 6.71. The molecule has 2 radical (unpaired) electrons. The van der Waals surface area contributed by atoms with Crippen LogP contribution in [0.25, 0.3) is 11.3 Å². The molecule has 3 nitrogen and oxygen atoms in total. The van der Waals surface area contributed by atoms with Crippen LogP contribution >= 0.6 is 11.6 Å². The van der Waals surface area contributed by atoms with Crippen LogP contribution in [0.3, 0.4) is 0 Å². The van der Waals surface area contributed by atoms with E-state index in [0.717, 1.165) is 16.1 Å². The van der Waals surface area contributed by atoms with Gasteiger partial charge in [-0.3, -0.25) is 4.79 Å². The van der Waals surface area contributed by atoms with Crippen LogP contribution in [-0.2, 0) is 0 Å². The van der Waals surface area contributed by atoms with Crippen molar-refractivity contribution < 1.29 is 0 Å². The van der Waals surface area contributed by atoms with Crippen LogP contribution in [0.2, 0.25) is 5.02 Å². The zero-order valence-electron chi connectivity index (χ0n) is 10.4. The number of rotatable bonds is 2. The Bertz CT molecular complexity index is 575. The summed E-state index contributed by atoms with van der Waals surface area (Å²) >= 11 is 6.21. The Labute approximate surface area is 141 Å². The Morgan fingerprint density at radius 3 is 2.44 bits per heavy atom. The van der Waals surface area contributed by atoms with Crippen molar-refractivity contribution in [1.82, 2.24) is 10.2 Å². The van der Waals surface area contributed by atoms with Crippen molar-refractivity contribution >= 4 is 49.3 Å². The van der Waals surface area contributed by atoms with E-state index in [1.54, 1.807) is 6.07 Å². The second-order valence-corrected chi connectivity index (χ2v) is 4.60. The summed E-state index contributed by atoms with van der Waals surface area (Å²) in [6.45, 7) is 4.19. The van der Waals surface area contributed by atoms with E-state index in [9.17, 15) is 4.79 Å². The van der Waals surface area contributed by atoms with Gasteiger partial charge in [-0.05, 0) is 23.6 Å². The number of H-pyrrole nitrogens is 1. The van der Waals surface area contributed by atoms with Crippen LogP contribution in [0, 0.1) is 0 Å². The van der Waals surface area contributed by atoms with E-state index in [-0.39, 0.29) is 43.3 Å². The van der Waals surface area contributed by atoms with Crippen LogP contribution in [0.4, 0.5) is 0 Å². The van der Waals surface area contributed by atoms with Gasteiger partial charge in [-0.1, -0.05) is 37.6 Å². The molecule has 0 amide bonds. The average Bonchev–Trinajstić information content (AvgIpc) is 2.29. The molecular formula is C13H13CaClN2O. The number of hydrogen-bond acceptors (Lipinski definition) is 2. The number of nitrogens with zero attached hydrogens (tertiary/aromatic N) is 1. The molecule has 0 aliphatic heterocycles. The molecule has 0 fully saturated rings. The first-order valence-electron chi connectivity index (χ1n) is 5.43. The molecule has 0 spiro atoms. The Balaban J connectivity index is 0.00000162. The number of benzene rings is 1. The molecule has 0 atom stereocenters. The zero-order valence-corrected chi connectivity index (χ0v) is 13.4. The van der Waals surface area contributed by atoms with E-state index in [0.29, 0.717) is 11.6 Å². The van der Waals surface area contributed by atoms with Gasteiger partial charge in [-0.15, -0.1) is 0 Å². The third-order valence-corrected chi connectivity index (χ3v) is 2.92. The van der Waals surface area contributed by atoms with Gasteiger partial charge in [0.25, 0.3) is 5.56 Å². The maximum atomic E-state index is 10.9. The molecule has 1 N–H and O–H groups in total. The Morgan fingerprint density at radius 1 is 1.22 bits per heavy atom. The van der Waals surface area contributed by atoms with Gasteiger partial charge in [0.1, 0.15) is 0 Å². The molecule has 0 aliphatic rings. The smallest absolute Gasteiger partial charge is 0.264 e. The predicted molar refractivity (Wildman–Crippen MR) is 75.1 cm³/mol. The van der Waals surface area contributed by atoms with Crippen molar-refractivity contribution in [3.8, 4) is 11.3 Å². The van der Waals surface area contributed by atoms with Crippen LogP contribution < -0.4 is 5.56 Å². The normalized spacial score (nSPS) is 10.2. The van der Waals surface area contributed by atoms with Crippen LogP contribution in [0.1, 0.15) is 25.3 Å². The summed E-state index contributed by atoms with van der Waals surface area (Å²) in [5.41, 5.74) is 2.51. The summed E-state index contributed by atoms with van der Waals surface area (Å²) in [5.74, 6) is 0.389. The summed E-state index contributed by atoms with van der Waals surface area (Å²) in [4.78, 5) is 10.9. The molecule has 0 bridgehead atoms. The second-order valence-electron chi connectivity index (χ2n) is 4.20. The Kier molecular flexibility index (Phi) is 5.86. The number of nitrogens with one attached hydrogen (secondary N) is 1. The van der Waals surface area contributed by atoms with Crippen molar-refractivity contribution in [2.24, 2.45) is 0 Å². The van der Waals surface area contributed by atoms with E-state index in [1.807, 2.05) is 18.2 Å². The summed E-state index contributed by atoms with van der Waals surface area (Å²) < 4.78 is 0. The fraction of sp³-hybridized carbons (Fsp3) is 0.231. The summed E-state index contributed by atoms with van der Waals surface area (Å²) in [7, 11) is 0. The van der Waals surface area contributed by atoms with E-state index < -0.39 is 0 Å². The van der Waals surface area contributed by atoms with Gasteiger partial charge in [-0.25, -0.2) is 5.10 Å². The Morgan fingerprint density at radius 2 is 1.94 bits per heavy atom. The minimum atomic E-state index is -0.210. The first kappa shape index (κ1) is 15.7. The third-order valence-electron chi connectivity index (χ3n) is 2.60. The third kappa shape index (κ3) is 3.58. The van der Waals surface area contributed by atoms with E-state index >= 15 is 0 Å². The van der Waals surface area contributed by atoms with E-state index in [2.05, 4.69) is 24.0 Å². The molecule has 5 heteroatoms. The van der Waals surface area contributed by atoms with Crippen molar-refractivity contribution in [1.29, 1.82) is 0 Å². The zero-order chi connectivity index (χ0) is 12.4. The van der Waals surface area contributed by atoms with E-state index in [1.165, 1.54) is 6.07 Å². The molecule has 18 heavy (non-hydrogen) atoms. The van der Waals surface area contributed by atoms with Crippen molar-refractivity contribution in [3.05, 3.63) is 51.3 Å². The summed E-state index contributed by atoms with van der Waals surface area (Å²) in [6, 6.07) is 8.96. The first-order valence-corrected chi connectivity index (χ1v) is 5.81. The fourth-order valence-electron chi connectivity index (χ4n) is 1.66. The minimum absolute atomic E-state index is 0. The molecule has 90 valence electrons. The van der Waals surface area contributed by atoms with Crippen molar-refractivity contribution in [2.45, 2.75) is 19.8 Å². The van der Waals surface area contributed by atoms with Gasteiger partial charge in [-0.2, -0.15) is 5.10 Å². The van der Waals surface area contributed by atoms with Crippen molar-refractivity contribution in [3.63, 3.8) is 0 Å². The maximum Gasteiger partial charge on any atom is 0.264 e. The van der Waals surface area contributed by atoms with Crippen LogP contribution in [-0.4, -0.2) is 47.9 Å². The fourth-order valence-corrected chi connectivity index (χ4v) is 2.06. The first-order chi connectivity index (χ1) is 8.08. The number of halogens is 1. The molecule has 0 saturated carbocycles. The van der Waals surface area contributed by atoms with Crippen molar-refractivity contribution in [2.75, 3.05) is 0 Å². The Hall–Kier alpha value is -0.350. The number of aromatic amines is 1. The van der Waals surface area contributed by atoms with E-state index in [4.69, 9.17) is 11.6 Å². The molecule has 0 unspecified atom stereocenters. The number of aromatic nitrogens is 2. The van der Waals surface area contributed by atoms with Gasteiger partial charge in [0.05, 0.1) is 5.69 Å². The van der Waals surface area contributed by atoms with Gasteiger partial charge in [0.2, 0.25) is 0 Å². The summed E-state index contributed by atoms with van der Waals surface area (Å²) in [6.07, 6.45) is 0. The minimum Gasteiger partial charge on any atom is -0.268 e. The largest absolute Gasteiger partial charge is 0.268 e. The quantitative estimate of drug-likeness (QED) is 0.864. The molecule has 2 aromatic rings. The maximum absolute atomic E-state index is 10.9. The molecule has 2 rings (SSSR count). The predicted octanol–water partition coefficient (Wildman–Crippen LogP) is 2.83. The number of hydrogen-bond donors (Lipinski definition) is 1. The van der Waals surface area contributed by atoms with Gasteiger partial charge >= 0.3 is 0 Å². The molecule has 1 aromatic carbocycles. The SMILES string of the molecule is CC(C)c1ccc(-c2ccc(=O)[nH]n2)cc1Cl.[Ca]. The van der Waals surface area contributed by atoms with Crippen LogP contribution in [0.15, 0.2) is 35.1 Å². The summed E-state index contributed by atoms with van der Waals surface area (Å²) in [5, 5.41) is 7.10. The molecule has 0 saturated heterocycles. The van der Waals surface area contributed by atoms with Crippen LogP contribution in [0.5, 0.6) is 0 Å². The standard InChI is InChI=1S/C13H13ClN2O.Ca/c1-8(2)10-4-3-9(7-11(10)14)12-5-6-13(17)16-15-12;/h3-8H,1-2H3,(H,16,17);. The van der Waals surface area contributed by atoms with Gasteiger partial charge < -0.3 is 0 Å². The topological polar surface area (TPSA) is 45.8 Å². The molecule has 1 heterocycles.